The molecule has 0 radical (unpaired) electrons. The summed E-state index contributed by atoms with van der Waals surface area (Å²) in [7, 11) is 0. The maximum Gasteiger partial charge on any atom is 0.114 e. The number of allylic oxidation sites excluding steroid dienone is 3. The fraction of sp³-hybridized carbons (Fsp3) is 0.917. The maximum absolute atomic E-state index is 7.75. The first-order chi connectivity index (χ1) is 24.1. The van der Waals surface area contributed by atoms with Crippen LogP contribution in [-0.4, -0.2) is 5.60 Å². The smallest absolute Gasteiger partial charge is 0.114 e. The molecule has 1 saturated heterocycles. The normalized spacial score (nSPS) is 19.2. The summed E-state index contributed by atoms with van der Waals surface area (Å²) in [4.78, 5) is 0. The summed E-state index contributed by atoms with van der Waals surface area (Å²) < 4.78 is 7.75. The molecule has 0 aromatic carbocycles. The topological polar surface area (TPSA) is 9.23 Å². The lowest BCUT2D eigenvalue weighted by Gasteiger charge is -2.61. The Hall–Kier alpha value is -0.720. The van der Waals surface area contributed by atoms with Crippen LogP contribution in [0.1, 0.15) is 259 Å². The average molecular weight is 683 g/mol. The lowest BCUT2D eigenvalue weighted by atomic mass is 9.51. The summed E-state index contributed by atoms with van der Waals surface area (Å²) in [6, 6.07) is 0. The highest BCUT2D eigenvalue weighted by Gasteiger charge is 2.61. The highest BCUT2D eigenvalue weighted by molar-refractivity contribution is 5.30. The van der Waals surface area contributed by atoms with E-state index in [-0.39, 0.29) is 5.60 Å². The molecule has 1 nitrogen and oxygen atoms in total. The molecule has 1 heterocycles. The monoisotopic (exact) mass is 683 g/mol. The van der Waals surface area contributed by atoms with Gasteiger partial charge in [-0.1, -0.05) is 227 Å². The molecule has 1 aliphatic carbocycles. The quantitative estimate of drug-likeness (QED) is 0.0605. The van der Waals surface area contributed by atoms with Gasteiger partial charge >= 0.3 is 0 Å². The Morgan fingerprint density at radius 3 is 1.18 bits per heavy atom. The summed E-state index contributed by atoms with van der Waals surface area (Å²) in [5, 5.41) is 0. The zero-order valence-corrected chi connectivity index (χ0v) is 34.5. The largest absolute Gasteiger partial charge is 0.490 e. The number of rotatable bonds is 35. The molecule has 0 saturated carbocycles. The molecule has 0 spiro atoms. The van der Waals surface area contributed by atoms with E-state index in [0.29, 0.717) is 11.3 Å². The fourth-order valence-corrected chi connectivity index (χ4v) is 10.0. The molecular formula is C48H90O. The number of fused-ring (bicyclic) bond motifs is 1. The Balaban J connectivity index is 2.48. The SMILES string of the molecule is CCCCCCCCC1C2C=CC=C2OC(CCCCCCCC)(CCCCCCCC)C1(CCCCCCCC)CCCCCCCC. The van der Waals surface area contributed by atoms with Crippen LogP contribution in [0.3, 0.4) is 0 Å². The standard InChI is InChI=1S/C48H90O/c1-6-11-16-21-26-31-38-45-44-37-36-39-46(44)49-48(42-34-29-24-19-14-9-4,43-35-30-25-20-15-10-5)47(45,40-32-27-22-17-12-7-2)41-33-28-23-18-13-8-3/h36-37,39,44-45H,6-35,38,40-43H2,1-5H3. The summed E-state index contributed by atoms with van der Waals surface area (Å²) >= 11 is 0. The van der Waals surface area contributed by atoms with Crippen LogP contribution in [0.4, 0.5) is 0 Å². The van der Waals surface area contributed by atoms with Crippen LogP contribution in [0.5, 0.6) is 0 Å². The van der Waals surface area contributed by atoms with Gasteiger partial charge in [-0.25, -0.2) is 0 Å². The van der Waals surface area contributed by atoms with Gasteiger partial charge in [0, 0.05) is 11.3 Å². The maximum atomic E-state index is 7.75. The molecule has 288 valence electrons. The molecule has 2 rings (SSSR count). The number of hydrogen-bond acceptors (Lipinski definition) is 1. The number of ether oxygens (including phenoxy) is 1. The van der Waals surface area contributed by atoms with Crippen LogP contribution >= 0.6 is 0 Å². The van der Waals surface area contributed by atoms with Crippen LogP contribution in [0.15, 0.2) is 24.0 Å². The fourth-order valence-electron chi connectivity index (χ4n) is 10.0. The van der Waals surface area contributed by atoms with E-state index in [1.54, 1.807) is 0 Å². The van der Waals surface area contributed by atoms with Crippen LogP contribution in [0.25, 0.3) is 0 Å². The summed E-state index contributed by atoms with van der Waals surface area (Å²) in [6.07, 6.45) is 56.3. The van der Waals surface area contributed by atoms with E-state index >= 15 is 0 Å². The van der Waals surface area contributed by atoms with Crippen LogP contribution in [-0.2, 0) is 4.74 Å². The first kappa shape index (κ1) is 44.4. The Labute approximate surface area is 310 Å². The summed E-state index contributed by atoms with van der Waals surface area (Å²) in [5.41, 5.74) is 0.339. The highest BCUT2D eigenvalue weighted by atomic mass is 16.5. The van der Waals surface area contributed by atoms with Gasteiger partial charge in [-0.2, -0.15) is 0 Å². The van der Waals surface area contributed by atoms with Crippen molar-refractivity contribution in [1.82, 2.24) is 0 Å². The van der Waals surface area contributed by atoms with Gasteiger partial charge in [-0.3, -0.25) is 0 Å². The van der Waals surface area contributed by atoms with Crippen molar-refractivity contribution in [3.05, 3.63) is 24.0 Å². The molecule has 2 aliphatic rings. The van der Waals surface area contributed by atoms with Gasteiger partial charge in [-0.15, -0.1) is 0 Å². The Morgan fingerprint density at radius 1 is 0.429 bits per heavy atom. The minimum atomic E-state index is 0.0244. The van der Waals surface area contributed by atoms with Crippen molar-refractivity contribution in [2.24, 2.45) is 17.3 Å². The highest BCUT2D eigenvalue weighted by Crippen LogP contribution is 2.63. The van der Waals surface area contributed by atoms with E-state index in [1.165, 1.54) is 230 Å². The predicted molar refractivity (Wildman–Crippen MR) is 220 cm³/mol. The molecule has 2 atom stereocenters. The van der Waals surface area contributed by atoms with Gasteiger partial charge in [0.15, 0.2) is 0 Å². The first-order valence-electron chi connectivity index (χ1n) is 23.2. The van der Waals surface area contributed by atoms with Crippen molar-refractivity contribution in [3.8, 4) is 0 Å². The molecule has 2 unspecified atom stereocenters. The van der Waals surface area contributed by atoms with Gasteiger partial charge in [0.05, 0.1) is 0 Å². The predicted octanol–water partition coefficient (Wildman–Crippen LogP) is 17.2. The molecule has 1 aliphatic heterocycles. The average Bonchev–Trinajstić information content (AvgIpc) is 3.57. The lowest BCUT2D eigenvalue weighted by Crippen LogP contribution is -2.59. The van der Waals surface area contributed by atoms with Gasteiger partial charge in [0.25, 0.3) is 0 Å². The van der Waals surface area contributed by atoms with Crippen LogP contribution < -0.4 is 0 Å². The number of unbranched alkanes of at least 4 members (excludes halogenated alkanes) is 25. The van der Waals surface area contributed by atoms with Crippen LogP contribution in [0, 0.1) is 17.3 Å². The first-order valence-corrected chi connectivity index (χ1v) is 23.2. The summed E-state index contributed by atoms with van der Waals surface area (Å²) in [5.74, 6) is 2.65. The van der Waals surface area contributed by atoms with Crippen molar-refractivity contribution >= 4 is 0 Å². The van der Waals surface area contributed by atoms with Crippen molar-refractivity contribution in [3.63, 3.8) is 0 Å². The second-order valence-electron chi connectivity index (χ2n) is 17.0. The van der Waals surface area contributed by atoms with Gasteiger partial charge in [0.1, 0.15) is 11.4 Å². The molecule has 1 fully saturated rings. The third-order valence-corrected chi connectivity index (χ3v) is 13.0. The Morgan fingerprint density at radius 2 is 0.776 bits per heavy atom. The van der Waals surface area contributed by atoms with Crippen LogP contribution in [0.2, 0.25) is 0 Å². The molecular weight excluding hydrogens is 593 g/mol. The Kier molecular flexibility index (Phi) is 26.1. The molecule has 0 amide bonds. The lowest BCUT2D eigenvalue weighted by molar-refractivity contribution is -0.200. The van der Waals surface area contributed by atoms with Gasteiger partial charge in [-0.05, 0) is 56.9 Å². The Bertz CT molecular complexity index is 774. The molecule has 0 aromatic heterocycles. The minimum absolute atomic E-state index is 0.0244. The van der Waals surface area contributed by atoms with E-state index in [9.17, 15) is 0 Å². The van der Waals surface area contributed by atoms with Crippen molar-refractivity contribution in [2.45, 2.75) is 265 Å². The van der Waals surface area contributed by atoms with Crippen molar-refractivity contribution < 1.29 is 4.74 Å². The van der Waals surface area contributed by atoms with E-state index in [2.05, 4.69) is 52.8 Å². The molecule has 49 heavy (non-hydrogen) atoms. The second-order valence-corrected chi connectivity index (χ2v) is 17.0. The number of hydrogen-bond donors (Lipinski definition) is 0. The third-order valence-electron chi connectivity index (χ3n) is 13.0. The summed E-state index contributed by atoms with van der Waals surface area (Å²) in [6.45, 7) is 11.8. The van der Waals surface area contributed by atoms with E-state index in [1.807, 2.05) is 0 Å². The van der Waals surface area contributed by atoms with E-state index in [0.717, 1.165) is 5.92 Å². The second kappa shape index (κ2) is 28.8. The van der Waals surface area contributed by atoms with E-state index < -0.39 is 0 Å². The third kappa shape index (κ3) is 16.2. The molecule has 0 N–H and O–H groups in total. The zero-order chi connectivity index (χ0) is 35.3. The zero-order valence-electron chi connectivity index (χ0n) is 34.5. The van der Waals surface area contributed by atoms with Gasteiger partial charge < -0.3 is 4.74 Å². The molecule has 0 aromatic rings. The molecule has 0 bridgehead atoms. The molecule has 1 heteroatoms. The van der Waals surface area contributed by atoms with E-state index in [4.69, 9.17) is 4.74 Å². The van der Waals surface area contributed by atoms with Crippen molar-refractivity contribution in [1.29, 1.82) is 0 Å². The minimum Gasteiger partial charge on any atom is -0.490 e. The van der Waals surface area contributed by atoms with Gasteiger partial charge in [0.2, 0.25) is 0 Å². The van der Waals surface area contributed by atoms with Crippen molar-refractivity contribution in [2.75, 3.05) is 0 Å².